The summed E-state index contributed by atoms with van der Waals surface area (Å²) < 4.78 is 40.8. The van der Waals surface area contributed by atoms with Crippen LogP contribution in [-0.4, -0.2) is 132 Å². The topological polar surface area (TPSA) is 172 Å². The van der Waals surface area contributed by atoms with E-state index in [9.17, 15) is 14.9 Å². The van der Waals surface area contributed by atoms with Gasteiger partial charge < -0.3 is 53.0 Å². The minimum atomic E-state index is -2.64. The van der Waals surface area contributed by atoms with E-state index in [4.69, 9.17) is 62.8 Å². The third-order valence-corrected chi connectivity index (χ3v) is 9.38. The van der Waals surface area contributed by atoms with Crippen LogP contribution in [0.2, 0.25) is 10.3 Å². The third kappa shape index (κ3) is 11.6. The van der Waals surface area contributed by atoms with Crippen molar-refractivity contribution in [3.8, 4) is 12.3 Å². The van der Waals surface area contributed by atoms with E-state index in [-0.39, 0.29) is 25.1 Å². The van der Waals surface area contributed by atoms with Gasteiger partial charge in [0.1, 0.15) is 12.4 Å². The maximum atomic E-state index is 9.89. The number of hydrogen-bond acceptors (Lipinski definition) is 14. The van der Waals surface area contributed by atoms with Crippen LogP contribution < -0.4 is 4.90 Å². The van der Waals surface area contributed by atoms with Crippen molar-refractivity contribution in [2.45, 2.75) is 37.1 Å². The molecule has 0 aliphatic carbocycles. The lowest BCUT2D eigenvalue weighted by molar-refractivity contribution is -0.110. The largest absolute Gasteiger partial charge is 0.393 e. The predicted octanol–water partition coefficient (Wildman–Crippen LogP) is 3.17. The van der Waals surface area contributed by atoms with Gasteiger partial charge in [-0.05, 0) is 36.1 Å². The van der Waals surface area contributed by atoms with Gasteiger partial charge in [-0.15, -0.1) is 6.42 Å². The standard InChI is InChI=1S/C32H44Cl2N5O10P/c1-3-11-44-13-15-46-17-18-47-16-14-45-12-10-38(20-24-6-4-5-7-27(24)33)29-26-19-35-39(30(26)37-31(34)36-29)28-9-8-25(49-28)21-48-32(22-40,23-43-2)50(41)42/h1,4-7,19,25,28,40-42H,8-18,20-23H2,2H3. The zero-order valence-electron chi connectivity index (χ0n) is 27.9. The molecule has 50 heavy (non-hydrogen) atoms. The molecule has 1 aromatic carbocycles. The van der Waals surface area contributed by atoms with E-state index in [1.165, 1.54) is 7.11 Å². The molecular formula is C32H44Cl2N5O10P. The van der Waals surface area contributed by atoms with Crippen molar-refractivity contribution < 1.29 is 48.1 Å². The molecule has 1 fully saturated rings. The van der Waals surface area contributed by atoms with Gasteiger partial charge in [0.2, 0.25) is 13.7 Å². The number of anilines is 1. The van der Waals surface area contributed by atoms with Crippen LogP contribution in [0.3, 0.4) is 0 Å². The number of aliphatic hydroxyl groups is 1. The summed E-state index contributed by atoms with van der Waals surface area (Å²) >= 11 is 13.0. The van der Waals surface area contributed by atoms with Gasteiger partial charge in [-0.25, -0.2) is 4.68 Å². The van der Waals surface area contributed by atoms with Gasteiger partial charge in [-0.2, -0.15) is 15.1 Å². The van der Waals surface area contributed by atoms with Crippen molar-refractivity contribution in [3.05, 3.63) is 46.3 Å². The Morgan fingerprint density at radius 2 is 1.74 bits per heavy atom. The minimum Gasteiger partial charge on any atom is -0.393 e. The van der Waals surface area contributed by atoms with Gasteiger partial charge in [-0.3, -0.25) is 0 Å². The number of nitrogens with zero attached hydrogens (tertiary/aromatic N) is 5. The van der Waals surface area contributed by atoms with Gasteiger partial charge in [0.15, 0.2) is 17.2 Å². The lowest BCUT2D eigenvalue weighted by Gasteiger charge is -2.32. The van der Waals surface area contributed by atoms with E-state index in [1.54, 1.807) is 10.9 Å². The molecule has 3 heterocycles. The highest BCUT2D eigenvalue weighted by Crippen LogP contribution is 2.44. The Hall–Kier alpha value is -2.26. The van der Waals surface area contributed by atoms with E-state index >= 15 is 0 Å². The average Bonchev–Trinajstić information content (AvgIpc) is 3.75. The SMILES string of the molecule is C#CCOCCOCCOCCOCCN(Cc1ccccc1Cl)c1nc(Cl)nc2c1cnn2C1CCC(COC(CO)(COC)P(O)O)O1. The number of aromatic nitrogens is 4. The Morgan fingerprint density at radius 3 is 2.40 bits per heavy atom. The van der Waals surface area contributed by atoms with Crippen LogP contribution in [0.1, 0.15) is 24.6 Å². The first-order valence-electron chi connectivity index (χ1n) is 16.0. The number of rotatable bonds is 24. The summed E-state index contributed by atoms with van der Waals surface area (Å²) in [7, 11) is -1.25. The molecule has 2 aromatic heterocycles. The summed E-state index contributed by atoms with van der Waals surface area (Å²) in [5, 5.41) is 14.1. The highest BCUT2D eigenvalue weighted by atomic mass is 35.5. The molecule has 15 nitrogen and oxygen atoms in total. The number of terminal acetylenes is 1. The quantitative estimate of drug-likeness (QED) is 0.0526. The third-order valence-electron chi connectivity index (χ3n) is 7.71. The van der Waals surface area contributed by atoms with Crippen LogP contribution in [0.4, 0.5) is 5.82 Å². The average molecular weight is 761 g/mol. The molecule has 1 saturated heterocycles. The molecule has 4 rings (SSSR count). The molecule has 3 unspecified atom stereocenters. The molecule has 0 spiro atoms. The van der Waals surface area contributed by atoms with Crippen molar-refractivity contribution >= 4 is 48.4 Å². The Kier molecular flexibility index (Phi) is 17.3. The van der Waals surface area contributed by atoms with Crippen molar-refractivity contribution in [2.75, 3.05) is 91.2 Å². The molecule has 18 heteroatoms. The van der Waals surface area contributed by atoms with Crippen molar-refractivity contribution in [3.63, 3.8) is 0 Å². The van der Waals surface area contributed by atoms with Crippen LogP contribution >= 0.6 is 31.6 Å². The molecule has 1 aliphatic rings. The van der Waals surface area contributed by atoms with Crippen LogP contribution in [0.5, 0.6) is 0 Å². The second-order valence-electron chi connectivity index (χ2n) is 11.2. The Bertz CT molecular complexity index is 1500. The lowest BCUT2D eigenvalue weighted by Crippen LogP contribution is -2.41. The second-order valence-corrected chi connectivity index (χ2v) is 13.3. The number of fused-ring (bicyclic) bond motifs is 1. The van der Waals surface area contributed by atoms with E-state index in [0.717, 1.165) is 5.56 Å². The van der Waals surface area contributed by atoms with Crippen LogP contribution in [0.25, 0.3) is 11.0 Å². The first kappa shape index (κ1) is 40.5. The molecule has 0 saturated carbocycles. The summed E-state index contributed by atoms with van der Waals surface area (Å²) in [4.78, 5) is 30.9. The summed E-state index contributed by atoms with van der Waals surface area (Å²) in [6.07, 6.45) is 7.08. The molecule has 0 amide bonds. The highest BCUT2D eigenvalue weighted by Gasteiger charge is 2.41. The first-order valence-corrected chi connectivity index (χ1v) is 18.0. The summed E-state index contributed by atoms with van der Waals surface area (Å²) in [6.45, 7) is 3.24. The number of halogens is 2. The smallest absolute Gasteiger partial charge is 0.226 e. The van der Waals surface area contributed by atoms with Crippen molar-refractivity contribution in [1.82, 2.24) is 19.7 Å². The fourth-order valence-corrected chi connectivity index (χ4v) is 6.09. The number of aliphatic hydroxyl groups excluding tert-OH is 1. The zero-order chi connectivity index (χ0) is 35.8. The Labute approximate surface area is 302 Å². The lowest BCUT2D eigenvalue weighted by atomic mass is 10.2. The summed E-state index contributed by atoms with van der Waals surface area (Å²) in [5.74, 6) is 2.96. The minimum absolute atomic E-state index is 0.00808. The monoisotopic (exact) mass is 759 g/mol. The van der Waals surface area contributed by atoms with Crippen LogP contribution in [0, 0.1) is 12.3 Å². The van der Waals surface area contributed by atoms with Crippen molar-refractivity contribution in [1.29, 1.82) is 0 Å². The number of ether oxygens (including phenoxy) is 7. The predicted molar refractivity (Wildman–Crippen MR) is 187 cm³/mol. The fraction of sp³-hybridized carbons (Fsp3) is 0.594. The van der Waals surface area contributed by atoms with E-state index in [0.29, 0.717) is 94.1 Å². The van der Waals surface area contributed by atoms with E-state index in [2.05, 4.69) is 21.0 Å². The molecule has 0 radical (unpaired) electrons. The van der Waals surface area contributed by atoms with Crippen molar-refractivity contribution in [2.24, 2.45) is 0 Å². The first-order chi connectivity index (χ1) is 24.3. The number of benzene rings is 1. The Morgan fingerprint density at radius 1 is 1.04 bits per heavy atom. The second kappa shape index (κ2) is 21.3. The molecule has 0 bridgehead atoms. The van der Waals surface area contributed by atoms with Gasteiger partial charge in [-0.1, -0.05) is 35.7 Å². The molecular weight excluding hydrogens is 716 g/mol. The van der Waals surface area contributed by atoms with Crippen LogP contribution in [0.15, 0.2) is 30.5 Å². The fourth-order valence-electron chi connectivity index (χ4n) is 5.17. The molecule has 3 aromatic rings. The van der Waals surface area contributed by atoms with E-state index < -0.39 is 32.7 Å². The van der Waals surface area contributed by atoms with Gasteiger partial charge in [0.25, 0.3) is 0 Å². The van der Waals surface area contributed by atoms with Crippen LogP contribution in [-0.2, 0) is 39.7 Å². The van der Waals surface area contributed by atoms with Gasteiger partial charge in [0.05, 0.1) is 83.8 Å². The van der Waals surface area contributed by atoms with Gasteiger partial charge >= 0.3 is 0 Å². The number of hydrogen-bond donors (Lipinski definition) is 3. The Balaban J connectivity index is 1.39. The summed E-state index contributed by atoms with van der Waals surface area (Å²) in [5.41, 5.74) is 1.37. The molecule has 276 valence electrons. The highest BCUT2D eigenvalue weighted by molar-refractivity contribution is 7.46. The molecule has 1 aliphatic heterocycles. The zero-order valence-corrected chi connectivity index (χ0v) is 30.3. The normalized spacial score (nSPS) is 17.4. The molecule has 3 N–H and O–H groups in total. The number of methoxy groups -OCH3 is 1. The maximum absolute atomic E-state index is 9.89. The molecule has 3 atom stereocenters. The maximum Gasteiger partial charge on any atom is 0.226 e. The van der Waals surface area contributed by atoms with Gasteiger partial charge in [0, 0.05) is 25.2 Å². The van der Waals surface area contributed by atoms with E-state index in [1.807, 2.05) is 29.2 Å². The summed E-state index contributed by atoms with van der Waals surface area (Å²) in [6, 6.07) is 7.56.